The molecule has 0 radical (unpaired) electrons. The average molecular weight is 713 g/mol. The van der Waals surface area contributed by atoms with Crippen LogP contribution in [0.2, 0.25) is 0 Å². The smallest absolute Gasteiger partial charge is 0.338 e. The molecule has 14 heteroatoms. The van der Waals surface area contributed by atoms with Crippen molar-refractivity contribution in [3.63, 3.8) is 0 Å². The zero-order valence-electron chi connectivity index (χ0n) is 30.1. The number of Topliss-reactive ketones (excluding diaryl/α,β-unsaturated/α-hetero) is 2. The summed E-state index contributed by atoms with van der Waals surface area (Å²) in [6.07, 6.45) is -5.23. The van der Waals surface area contributed by atoms with Crippen LogP contribution >= 0.6 is 0 Å². The van der Waals surface area contributed by atoms with Gasteiger partial charge in [0.1, 0.15) is 6.10 Å². The van der Waals surface area contributed by atoms with Gasteiger partial charge in [-0.05, 0) is 32.9 Å². The Morgan fingerprint density at radius 1 is 0.686 bits per heavy atom. The lowest BCUT2D eigenvalue weighted by molar-refractivity contribution is -0.190. The van der Waals surface area contributed by atoms with Crippen LogP contribution in [0.25, 0.3) is 0 Å². The number of allylic oxidation sites excluding steroid dienone is 2. The minimum absolute atomic E-state index is 0.0458. The number of hydrogen-bond donors (Lipinski definition) is 0. The Bertz CT molecular complexity index is 1640. The molecule has 3 rings (SSSR count). The first-order valence-electron chi connectivity index (χ1n) is 16.2. The molecule has 14 nitrogen and oxygen atoms in total. The van der Waals surface area contributed by atoms with Gasteiger partial charge in [0, 0.05) is 57.9 Å². The van der Waals surface area contributed by atoms with Crippen molar-refractivity contribution in [1.82, 2.24) is 0 Å². The maximum absolute atomic E-state index is 14.7. The summed E-state index contributed by atoms with van der Waals surface area (Å²) in [5, 5.41) is 0. The van der Waals surface area contributed by atoms with Crippen molar-refractivity contribution >= 4 is 47.4 Å². The van der Waals surface area contributed by atoms with E-state index in [1.165, 1.54) is 52.0 Å². The van der Waals surface area contributed by atoms with Gasteiger partial charge in [0.25, 0.3) is 0 Å². The van der Waals surface area contributed by atoms with Crippen LogP contribution in [0.4, 0.5) is 0 Å². The number of carbonyl (C=O) groups is 8. The highest BCUT2D eigenvalue weighted by Gasteiger charge is 2.72. The molecule has 8 atom stereocenters. The van der Waals surface area contributed by atoms with E-state index in [2.05, 4.69) is 6.58 Å². The van der Waals surface area contributed by atoms with E-state index in [-0.39, 0.29) is 5.56 Å². The summed E-state index contributed by atoms with van der Waals surface area (Å²) < 4.78 is 34.5. The normalized spacial score (nSPS) is 31.0. The molecule has 0 heterocycles. The zero-order chi connectivity index (χ0) is 38.6. The Morgan fingerprint density at radius 3 is 1.73 bits per heavy atom. The lowest BCUT2D eigenvalue weighted by Crippen LogP contribution is -2.58. The van der Waals surface area contributed by atoms with E-state index < -0.39 is 112 Å². The maximum Gasteiger partial charge on any atom is 0.338 e. The van der Waals surface area contributed by atoms with Gasteiger partial charge in [-0.25, -0.2) is 4.79 Å². The number of benzene rings is 1. The number of fused-ring (bicyclic) bond motifs is 1. The van der Waals surface area contributed by atoms with Crippen LogP contribution < -0.4 is 0 Å². The summed E-state index contributed by atoms with van der Waals surface area (Å²) in [5.41, 5.74) is -6.15. The Labute approximate surface area is 295 Å². The number of esters is 6. The van der Waals surface area contributed by atoms with Crippen molar-refractivity contribution in [2.24, 2.45) is 17.3 Å². The molecule has 0 aromatic heterocycles. The van der Waals surface area contributed by atoms with Crippen molar-refractivity contribution in [3.05, 3.63) is 60.2 Å². The van der Waals surface area contributed by atoms with Gasteiger partial charge >= 0.3 is 35.8 Å². The predicted octanol–water partition coefficient (Wildman–Crippen LogP) is 3.58. The molecule has 0 amide bonds. The Kier molecular flexibility index (Phi) is 12.2. The summed E-state index contributed by atoms with van der Waals surface area (Å²) in [6.45, 7) is 15.0. The van der Waals surface area contributed by atoms with Gasteiger partial charge in [0.2, 0.25) is 6.10 Å². The lowest BCUT2D eigenvalue weighted by atomic mass is 9.72. The van der Waals surface area contributed by atoms with Crippen LogP contribution in [0.5, 0.6) is 0 Å². The molecule has 1 aromatic rings. The number of carbonyl (C=O) groups excluding carboxylic acids is 8. The first-order valence-corrected chi connectivity index (χ1v) is 16.2. The average Bonchev–Trinajstić information content (AvgIpc) is 3.24. The summed E-state index contributed by atoms with van der Waals surface area (Å²) in [7, 11) is 0. The lowest BCUT2D eigenvalue weighted by Gasteiger charge is -2.42. The molecule has 0 saturated heterocycles. The molecule has 0 spiro atoms. The molecule has 1 fully saturated rings. The zero-order valence-corrected chi connectivity index (χ0v) is 30.1. The third-order valence-electron chi connectivity index (χ3n) is 8.76. The van der Waals surface area contributed by atoms with Gasteiger partial charge < -0.3 is 28.4 Å². The van der Waals surface area contributed by atoms with Crippen LogP contribution in [0, 0.1) is 17.3 Å². The van der Waals surface area contributed by atoms with Crippen molar-refractivity contribution in [2.75, 3.05) is 0 Å². The molecule has 0 N–H and O–H groups in total. The SMILES string of the molecule is C=C1C(OC(C)=O)C(OC(=O)c2ccccc2)C(=O)C(C)(C)/C=C/[C@@H](C)C(=O)C2(OC(C)=O)CC(C)(OC(C)=O)C(OC(C)=O)[C@@H]2C1OC(C)=O. The standard InChI is InChI=1S/C37H44O14/c1-19-16-17-35(8,9)32(44)30(49-34(45)26-14-12-11-13-15-26)29(47-22(4)39)20(2)28(46-21(3)38)27-33(48-23(5)40)36(10,50-24(6)41)18-37(27,31(19)43)51-25(7)42/h11-17,19,27-30,33H,2,18H2,1,3-10H3/b17-16+/t19-,27+,28?,29?,30?,33?,36?,37?/m1/s1. The van der Waals surface area contributed by atoms with Crippen molar-refractivity contribution in [3.8, 4) is 0 Å². The Morgan fingerprint density at radius 2 is 1.22 bits per heavy atom. The second-order valence-corrected chi connectivity index (χ2v) is 13.5. The topological polar surface area (TPSA) is 192 Å². The monoisotopic (exact) mass is 712 g/mol. The van der Waals surface area contributed by atoms with E-state index in [0.29, 0.717) is 0 Å². The van der Waals surface area contributed by atoms with Crippen molar-refractivity contribution < 1.29 is 66.8 Å². The van der Waals surface area contributed by atoms with Crippen LogP contribution in [0.3, 0.4) is 0 Å². The first-order chi connectivity index (χ1) is 23.6. The maximum atomic E-state index is 14.7. The molecule has 276 valence electrons. The predicted molar refractivity (Wildman–Crippen MR) is 176 cm³/mol. The van der Waals surface area contributed by atoms with E-state index in [9.17, 15) is 38.4 Å². The fourth-order valence-electron chi connectivity index (χ4n) is 6.78. The van der Waals surface area contributed by atoms with Crippen LogP contribution in [0.1, 0.15) is 79.1 Å². The number of rotatable bonds is 7. The summed E-state index contributed by atoms with van der Waals surface area (Å²) in [6, 6.07) is 7.65. The van der Waals surface area contributed by atoms with E-state index in [1.54, 1.807) is 18.2 Å². The molecule has 2 aliphatic carbocycles. The van der Waals surface area contributed by atoms with Crippen molar-refractivity contribution in [2.45, 2.75) is 104 Å². The van der Waals surface area contributed by atoms with Crippen LogP contribution in [-0.4, -0.2) is 83.0 Å². The molecule has 51 heavy (non-hydrogen) atoms. The quantitative estimate of drug-likeness (QED) is 0.226. The number of ketones is 2. The van der Waals surface area contributed by atoms with E-state index in [1.807, 2.05) is 0 Å². The van der Waals surface area contributed by atoms with E-state index in [4.69, 9.17) is 28.4 Å². The largest absolute Gasteiger partial charge is 0.458 e. The highest BCUT2D eigenvalue weighted by Crippen LogP contribution is 2.54. The van der Waals surface area contributed by atoms with Crippen LogP contribution in [0.15, 0.2) is 54.6 Å². The van der Waals surface area contributed by atoms with Gasteiger partial charge in [-0.1, -0.05) is 43.9 Å². The van der Waals surface area contributed by atoms with Gasteiger partial charge in [0.05, 0.1) is 11.5 Å². The highest BCUT2D eigenvalue weighted by molar-refractivity contribution is 5.97. The molecular weight excluding hydrogens is 668 g/mol. The fraction of sp³-hybridized carbons (Fsp3) is 0.514. The molecule has 1 aromatic carbocycles. The Balaban J connectivity index is 2.51. The van der Waals surface area contributed by atoms with Crippen molar-refractivity contribution in [1.29, 1.82) is 0 Å². The molecule has 6 unspecified atom stereocenters. The summed E-state index contributed by atoms with van der Waals surface area (Å²) in [4.78, 5) is 106. The van der Waals surface area contributed by atoms with Gasteiger partial charge in [-0.3, -0.25) is 33.6 Å². The second-order valence-electron chi connectivity index (χ2n) is 13.5. The summed E-state index contributed by atoms with van der Waals surface area (Å²) >= 11 is 0. The minimum Gasteiger partial charge on any atom is -0.458 e. The molecule has 2 aliphatic rings. The molecular formula is C37H44O14. The van der Waals surface area contributed by atoms with Gasteiger partial charge in [-0.2, -0.15) is 0 Å². The number of hydrogen-bond acceptors (Lipinski definition) is 14. The first kappa shape index (κ1) is 40.3. The molecule has 1 saturated carbocycles. The van der Waals surface area contributed by atoms with E-state index >= 15 is 0 Å². The number of ether oxygens (including phenoxy) is 6. The minimum atomic E-state index is -2.37. The fourth-order valence-corrected chi connectivity index (χ4v) is 6.78. The Hall–Kier alpha value is -5.14. The van der Waals surface area contributed by atoms with E-state index in [0.717, 1.165) is 34.6 Å². The highest BCUT2D eigenvalue weighted by atomic mass is 16.6. The molecule has 0 bridgehead atoms. The third-order valence-corrected chi connectivity index (χ3v) is 8.76. The second kappa shape index (κ2) is 15.4. The van der Waals surface area contributed by atoms with Gasteiger partial charge in [-0.15, -0.1) is 0 Å². The summed E-state index contributed by atoms with van der Waals surface area (Å²) in [5.74, 6) is -10.2. The third kappa shape index (κ3) is 8.78. The van der Waals surface area contributed by atoms with Gasteiger partial charge in [0.15, 0.2) is 35.0 Å². The molecule has 0 aliphatic heterocycles. The van der Waals surface area contributed by atoms with Crippen LogP contribution in [-0.2, 0) is 62.0 Å².